The molecule has 0 atom stereocenters. The van der Waals surface area contributed by atoms with E-state index >= 15 is 0 Å². The van der Waals surface area contributed by atoms with Crippen molar-refractivity contribution in [1.82, 2.24) is 9.71 Å². The molecule has 2 aromatic rings. The minimum absolute atomic E-state index is 0.0601. The molecule has 0 unspecified atom stereocenters. The van der Waals surface area contributed by atoms with Crippen molar-refractivity contribution >= 4 is 21.5 Å². The zero-order chi connectivity index (χ0) is 26.6. The molecule has 2 aliphatic carbocycles. The third-order valence-corrected chi connectivity index (χ3v) is 8.88. The molecule has 7 nitrogen and oxygen atoms in total. The van der Waals surface area contributed by atoms with Crippen LogP contribution in [0.3, 0.4) is 0 Å². The van der Waals surface area contributed by atoms with Crippen molar-refractivity contribution in [2.24, 2.45) is 5.41 Å². The Morgan fingerprint density at radius 1 is 1.22 bits per heavy atom. The van der Waals surface area contributed by atoms with Crippen LogP contribution in [-0.2, 0) is 16.2 Å². The van der Waals surface area contributed by atoms with Gasteiger partial charge in [0.2, 0.25) is 10.0 Å². The first-order valence-corrected chi connectivity index (χ1v) is 13.6. The Morgan fingerprint density at radius 3 is 2.54 bits per heavy atom. The first kappa shape index (κ1) is 25.9. The van der Waals surface area contributed by atoms with E-state index in [0.29, 0.717) is 37.2 Å². The fourth-order valence-corrected chi connectivity index (χ4v) is 5.98. The van der Waals surface area contributed by atoms with Crippen molar-refractivity contribution in [3.63, 3.8) is 0 Å². The second-order valence-corrected chi connectivity index (χ2v) is 12.5. The van der Waals surface area contributed by atoms with Crippen molar-refractivity contribution in [2.45, 2.75) is 50.0 Å². The molecule has 0 bridgehead atoms. The zero-order valence-electron chi connectivity index (χ0n) is 20.1. The molecule has 1 saturated heterocycles. The summed E-state index contributed by atoms with van der Waals surface area (Å²) in [6, 6.07) is 3.93. The molecule has 0 amide bonds. The number of rotatable bonds is 10. The first-order valence-electron chi connectivity index (χ1n) is 12.1. The van der Waals surface area contributed by atoms with Gasteiger partial charge in [0, 0.05) is 37.0 Å². The molecule has 0 radical (unpaired) electrons. The van der Waals surface area contributed by atoms with Crippen molar-refractivity contribution in [2.75, 3.05) is 31.1 Å². The molecular weight excluding hydrogens is 514 g/mol. The Balaban J connectivity index is 1.25. The normalized spacial score (nSPS) is 19.4. The number of anilines is 1. The van der Waals surface area contributed by atoms with E-state index in [2.05, 4.69) is 9.71 Å². The van der Waals surface area contributed by atoms with E-state index in [0.717, 1.165) is 25.1 Å². The van der Waals surface area contributed by atoms with Gasteiger partial charge in [-0.3, -0.25) is 9.78 Å². The number of carbonyl (C=O) groups is 1. The number of carbonyl (C=O) groups excluding carboxylic acids is 1. The lowest BCUT2D eigenvalue weighted by Gasteiger charge is -2.49. The van der Waals surface area contributed by atoms with Crippen LogP contribution < -0.4 is 14.4 Å². The second-order valence-electron chi connectivity index (χ2n) is 10.5. The van der Waals surface area contributed by atoms with Crippen molar-refractivity contribution in [3.05, 3.63) is 53.1 Å². The number of hydrogen-bond acceptors (Lipinski definition) is 6. The Kier molecular flexibility index (Phi) is 6.46. The van der Waals surface area contributed by atoms with Gasteiger partial charge in [-0.1, -0.05) is 6.92 Å². The first-order chi connectivity index (χ1) is 17.4. The van der Waals surface area contributed by atoms with E-state index in [1.807, 2.05) is 6.92 Å². The monoisotopic (exact) mass is 541 g/mol. The predicted molar refractivity (Wildman–Crippen MR) is 128 cm³/mol. The highest BCUT2D eigenvalue weighted by atomic mass is 32.2. The summed E-state index contributed by atoms with van der Waals surface area (Å²) in [5.41, 5.74) is -0.700. The lowest BCUT2D eigenvalue weighted by Crippen LogP contribution is -2.58. The number of halogens is 4. The highest BCUT2D eigenvalue weighted by Crippen LogP contribution is 2.46. The van der Waals surface area contributed by atoms with Crippen LogP contribution in [0, 0.1) is 11.2 Å². The fourth-order valence-electron chi connectivity index (χ4n) is 4.65. The molecule has 1 N–H and O–H groups in total. The Labute approximate surface area is 212 Å². The summed E-state index contributed by atoms with van der Waals surface area (Å²) in [5, 5.41) is -0.481. The van der Waals surface area contributed by atoms with Crippen LogP contribution >= 0.6 is 0 Å². The van der Waals surface area contributed by atoms with Gasteiger partial charge >= 0.3 is 6.18 Å². The van der Waals surface area contributed by atoms with E-state index in [1.165, 1.54) is 18.3 Å². The maximum absolute atomic E-state index is 14.9. The predicted octanol–water partition coefficient (Wildman–Crippen LogP) is 4.29. The number of benzene rings is 1. The minimum Gasteiger partial charge on any atom is -0.492 e. The van der Waals surface area contributed by atoms with Crippen LogP contribution in [0.1, 0.15) is 60.0 Å². The maximum atomic E-state index is 14.9. The van der Waals surface area contributed by atoms with E-state index in [-0.39, 0.29) is 23.8 Å². The lowest BCUT2D eigenvalue weighted by molar-refractivity contribution is -0.137. The molecule has 1 aromatic carbocycles. The van der Waals surface area contributed by atoms with Gasteiger partial charge in [0.15, 0.2) is 5.78 Å². The van der Waals surface area contributed by atoms with Gasteiger partial charge < -0.3 is 9.64 Å². The van der Waals surface area contributed by atoms with E-state index in [9.17, 15) is 30.8 Å². The van der Waals surface area contributed by atoms with Gasteiger partial charge in [-0.2, -0.15) is 13.2 Å². The summed E-state index contributed by atoms with van der Waals surface area (Å²) in [6.45, 7) is 2.17. The summed E-state index contributed by atoms with van der Waals surface area (Å²) < 4.78 is 87.2. The highest BCUT2D eigenvalue weighted by molar-refractivity contribution is 7.90. The smallest absolute Gasteiger partial charge is 0.419 e. The van der Waals surface area contributed by atoms with Gasteiger partial charge in [-0.15, -0.1) is 0 Å². The van der Waals surface area contributed by atoms with E-state index in [4.69, 9.17) is 4.74 Å². The minimum atomic E-state index is -4.51. The Hall–Kier alpha value is -2.73. The average Bonchev–Trinajstić information content (AvgIpc) is 3.71. The number of sulfonamides is 1. The molecule has 200 valence electrons. The maximum Gasteiger partial charge on any atom is 0.419 e. The zero-order valence-corrected chi connectivity index (χ0v) is 21.0. The molecule has 3 fully saturated rings. The number of Topliss-reactive ketones (excluding diaryl/α,β-unsaturated/α-hetero) is 1. The van der Waals surface area contributed by atoms with Crippen LogP contribution in [-0.4, -0.2) is 50.7 Å². The topological polar surface area (TPSA) is 88.6 Å². The van der Waals surface area contributed by atoms with E-state index < -0.39 is 50.6 Å². The molecular formula is C25H27F4N3O4S. The highest BCUT2D eigenvalue weighted by Gasteiger charge is 2.44. The summed E-state index contributed by atoms with van der Waals surface area (Å²) in [6.07, 6.45) is 0.443. The summed E-state index contributed by atoms with van der Waals surface area (Å²) in [5.74, 6) is -1.05. The number of ketones is 1. The molecule has 5 rings (SSSR count). The van der Waals surface area contributed by atoms with Crippen LogP contribution in [0.5, 0.6) is 5.75 Å². The quantitative estimate of drug-likeness (QED) is 0.357. The summed E-state index contributed by atoms with van der Waals surface area (Å²) >= 11 is 0. The molecule has 2 heterocycles. The third-order valence-electron chi connectivity index (χ3n) is 6.98. The van der Waals surface area contributed by atoms with Gasteiger partial charge in [0.05, 0.1) is 35.2 Å². The van der Waals surface area contributed by atoms with Crippen molar-refractivity contribution in [3.8, 4) is 5.75 Å². The number of pyridine rings is 1. The number of hydrogen-bond donors (Lipinski definition) is 1. The molecule has 0 spiro atoms. The fraction of sp³-hybridized carbons (Fsp3) is 0.520. The van der Waals surface area contributed by atoms with Crippen molar-refractivity contribution in [1.29, 1.82) is 0 Å². The third kappa shape index (κ3) is 5.59. The standard InChI is InChI=1S/C25H27F4N3O4S/c1-24(12-32(13-24)21-6-7-30-10-19(21)25(27,28)29)14-36-23-9-20(26)18(8-17(23)15-2-3-15)22(33)11-31-37(34,35)16-4-5-16/h6-10,15-16,31H,2-5,11-14H2,1H3. The van der Waals surface area contributed by atoms with Crippen LogP contribution in [0.15, 0.2) is 30.6 Å². The van der Waals surface area contributed by atoms with Gasteiger partial charge in [-0.05, 0) is 49.3 Å². The molecule has 12 heteroatoms. The van der Waals surface area contributed by atoms with Crippen LogP contribution in [0.25, 0.3) is 0 Å². The molecule has 1 aliphatic heterocycles. The van der Waals surface area contributed by atoms with Gasteiger partial charge in [0.1, 0.15) is 11.6 Å². The van der Waals surface area contributed by atoms with Gasteiger partial charge in [0.25, 0.3) is 0 Å². The Bertz CT molecular complexity index is 1320. The number of ether oxygens (including phenoxy) is 1. The largest absolute Gasteiger partial charge is 0.492 e. The molecule has 37 heavy (non-hydrogen) atoms. The van der Waals surface area contributed by atoms with Gasteiger partial charge in [-0.25, -0.2) is 17.5 Å². The van der Waals surface area contributed by atoms with Crippen LogP contribution in [0.2, 0.25) is 0 Å². The van der Waals surface area contributed by atoms with Crippen LogP contribution in [0.4, 0.5) is 23.2 Å². The summed E-state index contributed by atoms with van der Waals surface area (Å²) in [4.78, 5) is 17.8. The number of aromatic nitrogens is 1. The number of alkyl halides is 3. The SMILES string of the molecule is CC1(COc2cc(F)c(C(=O)CNS(=O)(=O)C3CC3)cc2C2CC2)CN(c2ccncc2C(F)(F)F)C1. The molecule has 2 saturated carbocycles. The number of nitrogens with one attached hydrogen (secondary N) is 1. The number of nitrogens with zero attached hydrogens (tertiary/aromatic N) is 2. The molecule has 3 aliphatic rings. The lowest BCUT2D eigenvalue weighted by atomic mass is 9.82. The Morgan fingerprint density at radius 2 is 1.92 bits per heavy atom. The van der Waals surface area contributed by atoms with E-state index in [1.54, 1.807) is 4.90 Å². The molecule has 1 aromatic heterocycles. The van der Waals surface area contributed by atoms with Crippen molar-refractivity contribution < 1.29 is 35.5 Å². The second kappa shape index (κ2) is 9.23. The summed E-state index contributed by atoms with van der Waals surface area (Å²) in [7, 11) is -3.57. The average molecular weight is 542 g/mol.